The maximum atomic E-state index is 12.8. The molecule has 0 heterocycles. The number of carbonyl (C=O) groups is 1. The highest BCUT2D eigenvalue weighted by Crippen LogP contribution is 2.22. The summed E-state index contributed by atoms with van der Waals surface area (Å²) in [5, 5.41) is 10.3. The smallest absolute Gasteiger partial charge is 0.198 e. The van der Waals surface area contributed by atoms with E-state index in [9.17, 15) is 27.5 Å². The molecular weight excluding hydrogens is 204 g/mol. The Kier molecular flexibility index (Phi) is 2.46. The second-order valence-electron chi connectivity index (χ2n) is 2.54. The highest BCUT2D eigenvalue weighted by Gasteiger charge is 2.23. The molecule has 0 amide bonds. The maximum absolute atomic E-state index is 12.8. The van der Waals surface area contributed by atoms with Crippen LogP contribution in [0.25, 0.3) is 0 Å². The molecule has 0 N–H and O–H groups in total. The van der Waals surface area contributed by atoms with Crippen LogP contribution in [0.3, 0.4) is 0 Å². The number of hydrogen-bond acceptors (Lipinski definition) is 2. The van der Waals surface area contributed by atoms with Gasteiger partial charge < -0.3 is 9.90 Å². The van der Waals surface area contributed by atoms with Crippen LogP contribution in [-0.2, 0) is 0 Å². The average Bonchev–Trinajstić information content (AvgIpc) is 2.11. The largest absolute Gasteiger partial charge is 0.545 e. The second-order valence-corrected chi connectivity index (χ2v) is 2.54. The summed E-state index contributed by atoms with van der Waals surface area (Å²) >= 11 is 0. The van der Waals surface area contributed by atoms with Crippen LogP contribution in [-0.4, -0.2) is 5.97 Å². The van der Waals surface area contributed by atoms with Gasteiger partial charge in [-0.25, -0.2) is 17.6 Å². The summed E-state index contributed by atoms with van der Waals surface area (Å²) in [4.78, 5) is 10.3. The summed E-state index contributed by atoms with van der Waals surface area (Å²) in [6.07, 6.45) is 0. The molecule has 0 atom stereocenters. The summed E-state index contributed by atoms with van der Waals surface area (Å²) < 4.78 is 50.5. The minimum Gasteiger partial charge on any atom is -0.545 e. The van der Waals surface area contributed by atoms with E-state index < -0.39 is 40.4 Å². The number of carboxylic acids is 1. The Morgan fingerprint density at radius 2 is 1.43 bits per heavy atom. The van der Waals surface area contributed by atoms with Gasteiger partial charge in [-0.05, 0) is 12.5 Å². The molecule has 6 heteroatoms. The number of rotatable bonds is 1. The van der Waals surface area contributed by atoms with Crippen molar-refractivity contribution in [3.8, 4) is 0 Å². The first-order valence-corrected chi connectivity index (χ1v) is 3.41. The summed E-state index contributed by atoms with van der Waals surface area (Å²) in [5.41, 5.74) is -2.14. The monoisotopic (exact) mass is 207 g/mol. The highest BCUT2D eigenvalue weighted by molar-refractivity contribution is 5.88. The van der Waals surface area contributed by atoms with Crippen molar-refractivity contribution in [1.82, 2.24) is 0 Å². The molecular formula is C8H3F4O2-. The number of benzene rings is 1. The third-order valence-electron chi connectivity index (χ3n) is 1.71. The fourth-order valence-corrected chi connectivity index (χ4v) is 0.984. The molecule has 0 unspecified atom stereocenters. The number of halogens is 4. The van der Waals surface area contributed by atoms with Gasteiger partial charge in [0.25, 0.3) is 0 Å². The Balaban J connectivity index is 3.68. The van der Waals surface area contributed by atoms with Crippen LogP contribution in [0.5, 0.6) is 0 Å². The topological polar surface area (TPSA) is 40.1 Å². The first-order chi connectivity index (χ1) is 6.37. The standard InChI is InChI=1S/C8H4F4O2/c1-2-3(8(13)14)5(10)7(12)6(11)4(2)9/h1H3,(H,13,14)/p-1. The van der Waals surface area contributed by atoms with Crippen LogP contribution in [0.1, 0.15) is 15.9 Å². The van der Waals surface area contributed by atoms with Gasteiger partial charge in [0.05, 0.1) is 5.97 Å². The number of aromatic carboxylic acids is 1. The van der Waals surface area contributed by atoms with Crippen molar-refractivity contribution >= 4 is 5.97 Å². The summed E-state index contributed by atoms with van der Waals surface area (Å²) in [6, 6.07) is 0. The summed E-state index contributed by atoms with van der Waals surface area (Å²) in [5.74, 6) is -9.99. The van der Waals surface area contributed by atoms with Crippen molar-refractivity contribution in [3.05, 3.63) is 34.4 Å². The predicted molar refractivity (Wildman–Crippen MR) is 35.3 cm³/mol. The van der Waals surface area contributed by atoms with E-state index in [1.54, 1.807) is 0 Å². The molecule has 0 saturated heterocycles. The van der Waals surface area contributed by atoms with Crippen LogP contribution in [0.15, 0.2) is 0 Å². The minimum absolute atomic E-state index is 0.812. The van der Waals surface area contributed by atoms with E-state index in [1.807, 2.05) is 0 Å². The highest BCUT2D eigenvalue weighted by atomic mass is 19.2. The Morgan fingerprint density at radius 1 is 1.00 bits per heavy atom. The Bertz CT molecular complexity index is 385. The molecule has 0 spiro atoms. The van der Waals surface area contributed by atoms with E-state index in [1.165, 1.54) is 0 Å². The predicted octanol–water partition coefficient (Wildman–Crippen LogP) is 0.915. The Morgan fingerprint density at radius 3 is 1.86 bits per heavy atom. The van der Waals surface area contributed by atoms with Gasteiger partial charge in [0, 0.05) is 5.56 Å². The summed E-state index contributed by atoms with van der Waals surface area (Å²) in [6.45, 7) is 0.812. The zero-order chi connectivity index (χ0) is 11.0. The van der Waals surface area contributed by atoms with E-state index in [0.29, 0.717) is 0 Å². The normalized spacial score (nSPS) is 10.4. The van der Waals surface area contributed by atoms with Gasteiger partial charge in [-0.2, -0.15) is 0 Å². The molecule has 1 aromatic rings. The molecule has 76 valence electrons. The molecule has 0 aliphatic rings. The van der Waals surface area contributed by atoms with Gasteiger partial charge in [0.15, 0.2) is 23.3 Å². The molecule has 0 bridgehead atoms. The third-order valence-corrected chi connectivity index (χ3v) is 1.71. The van der Waals surface area contributed by atoms with Crippen LogP contribution < -0.4 is 5.11 Å². The van der Waals surface area contributed by atoms with Gasteiger partial charge >= 0.3 is 0 Å². The molecule has 0 aliphatic heterocycles. The maximum Gasteiger partial charge on any atom is 0.198 e. The lowest BCUT2D eigenvalue weighted by Crippen LogP contribution is -2.26. The lowest BCUT2D eigenvalue weighted by molar-refractivity contribution is -0.255. The van der Waals surface area contributed by atoms with Crippen molar-refractivity contribution in [3.63, 3.8) is 0 Å². The van der Waals surface area contributed by atoms with E-state index >= 15 is 0 Å². The molecule has 1 aromatic carbocycles. The van der Waals surface area contributed by atoms with Crippen molar-refractivity contribution in [2.45, 2.75) is 6.92 Å². The zero-order valence-corrected chi connectivity index (χ0v) is 6.83. The molecule has 14 heavy (non-hydrogen) atoms. The zero-order valence-electron chi connectivity index (χ0n) is 6.83. The lowest BCUT2D eigenvalue weighted by Gasteiger charge is -2.10. The molecule has 0 radical (unpaired) electrons. The molecule has 0 fully saturated rings. The number of hydrogen-bond donors (Lipinski definition) is 0. The van der Waals surface area contributed by atoms with E-state index in [4.69, 9.17) is 0 Å². The first kappa shape index (κ1) is 10.5. The fraction of sp³-hybridized carbons (Fsp3) is 0.125. The first-order valence-electron chi connectivity index (χ1n) is 3.41. The van der Waals surface area contributed by atoms with Crippen LogP contribution in [0.2, 0.25) is 0 Å². The van der Waals surface area contributed by atoms with Crippen molar-refractivity contribution < 1.29 is 27.5 Å². The average molecular weight is 207 g/mol. The Labute approximate surface area is 75.8 Å². The second kappa shape index (κ2) is 3.28. The minimum atomic E-state index is -2.16. The van der Waals surface area contributed by atoms with Gasteiger partial charge in [-0.3, -0.25) is 0 Å². The van der Waals surface area contributed by atoms with Gasteiger partial charge in [-0.1, -0.05) is 0 Å². The summed E-state index contributed by atoms with van der Waals surface area (Å²) in [7, 11) is 0. The van der Waals surface area contributed by atoms with Crippen molar-refractivity contribution in [1.29, 1.82) is 0 Å². The van der Waals surface area contributed by atoms with Crippen LogP contribution in [0.4, 0.5) is 17.6 Å². The molecule has 1 rings (SSSR count). The number of carbonyl (C=O) groups excluding carboxylic acids is 1. The van der Waals surface area contributed by atoms with Gasteiger partial charge in [-0.15, -0.1) is 0 Å². The van der Waals surface area contributed by atoms with E-state index in [0.717, 1.165) is 6.92 Å². The van der Waals surface area contributed by atoms with Gasteiger partial charge in [0.1, 0.15) is 0 Å². The Hall–Kier alpha value is -1.59. The molecule has 2 nitrogen and oxygen atoms in total. The molecule has 0 aromatic heterocycles. The van der Waals surface area contributed by atoms with Crippen molar-refractivity contribution in [2.24, 2.45) is 0 Å². The van der Waals surface area contributed by atoms with Crippen molar-refractivity contribution in [2.75, 3.05) is 0 Å². The van der Waals surface area contributed by atoms with Gasteiger partial charge in [0.2, 0.25) is 0 Å². The lowest BCUT2D eigenvalue weighted by atomic mass is 10.1. The fourth-order valence-electron chi connectivity index (χ4n) is 0.984. The van der Waals surface area contributed by atoms with E-state index in [2.05, 4.69) is 0 Å². The molecule has 0 aliphatic carbocycles. The third kappa shape index (κ3) is 1.32. The molecule has 0 saturated carbocycles. The van der Waals surface area contributed by atoms with Crippen LogP contribution >= 0.6 is 0 Å². The SMILES string of the molecule is Cc1c(F)c(F)c(F)c(F)c1C(=O)[O-]. The number of carboxylic acid groups (broad SMARTS) is 1. The quantitative estimate of drug-likeness (QED) is 0.390. The van der Waals surface area contributed by atoms with E-state index in [-0.39, 0.29) is 0 Å². The van der Waals surface area contributed by atoms with Crippen LogP contribution in [0, 0.1) is 30.2 Å².